The van der Waals surface area contributed by atoms with Crippen LogP contribution in [0.1, 0.15) is 41.2 Å². The molecular weight excluding hydrogens is 422 g/mol. The summed E-state index contributed by atoms with van der Waals surface area (Å²) in [6, 6.07) is 9.36. The average molecular weight is 452 g/mol. The minimum atomic E-state index is -0.489. The van der Waals surface area contributed by atoms with Crippen molar-refractivity contribution in [2.75, 3.05) is 18.5 Å². The van der Waals surface area contributed by atoms with Gasteiger partial charge in [0.2, 0.25) is 0 Å². The third kappa shape index (κ3) is 5.42. The van der Waals surface area contributed by atoms with Crippen LogP contribution >= 0.6 is 0 Å². The highest BCUT2D eigenvalue weighted by atomic mass is 16.5. The molecule has 0 fully saturated rings. The molecule has 0 spiro atoms. The fourth-order valence-corrected chi connectivity index (χ4v) is 3.81. The van der Waals surface area contributed by atoms with Gasteiger partial charge in [-0.05, 0) is 69.9 Å². The molecule has 7 nitrogen and oxygen atoms in total. The molecule has 0 saturated carbocycles. The number of ether oxygens (including phenoxy) is 2. The molecule has 0 radical (unpaired) electrons. The highest BCUT2D eigenvalue weighted by Gasteiger charge is 2.17. The predicted octanol–water partition coefficient (Wildman–Crippen LogP) is 4.54. The first kappa shape index (κ1) is 24.0. The molecule has 0 atom stereocenters. The maximum absolute atomic E-state index is 12.6. The molecule has 1 heterocycles. The summed E-state index contributed by atoms with van der Waals surface area (Å²) < 4.78 is 16.3. The third-order valence-electron chi connectivity index (χ3n) is 5.64. The van der Waals surface area contributed by atoms with Crippen LogP contribution < -0.4 is 15.7 Å². The Kier molecular flexibility index (Phi) is 7.53. The van der Waals surface area contributed by atoms with Gasteiger partial charge in [-0.25, -0.2) is 4.79 Å². The normalized spacial score (nSPS) is 10.8. The van der Waals surface area contributed by atoms with E-state index in [0.717, 1.165) is 27.8 Å². The van der Waals surface area contributed by atoms with E-state index in [1.54, 1.807) is 26.0 Å². The van der Waals surface area contributed by atoms with E-state index in [4.69, 9.17) is 13.9 Å². The van der Waals surface area contributed by atoms with Crippen LogP contribution in [0.4, 0.5) is 5.69 Å². The van der Waals surface area contributed by atoms with Gasteiger partial charge in [-0.15, -0.1) is 0 Å². The quantitative estimate of drug-likeness (QED) is 0.399. The number of anilines is 1. The lowest BCUT2D eigenvalue weighted by Gasteiger charge is -2.14. The Bertz CT molecular complexity index is 1240. The molecule has 3 rings (SSSR count). The first-order valence-corrected chi connectivity index (χ1v) is 10.9. The number of carbonyl (C=O) groups excluding carboxylic acids is 2. The predicted molar refractivity (Wildman–Crippen MR) is 127 cm³/mol. The number of nitrogens with one attached hydrogen (secondary N) is 1. The van der Waals surface area contributed by atoms with Crippen LogP contribution in [-0.4, -0.2) is 25.1 Å². The standard InChI is InChI=1S/C26H29NO6/c1-6-31-23(29)13-11-20-17(4)19-10-12-21(18(5)25(19)33-26(20)30)32-14-22(28)27-24-15(2)8-7-9-16(24)3/h7-10,12H,6,11,13-14H2,1-5H3,(H,27,28). The molecule has 33 heavy (non-hydrogen) atoms. The Morgan fingerprint density at radius 3 is 2.36 bits per heavy atom. The number of para-hydroxylation sites is 1. The van der Waals surface area contributed by atoms with Crippen molar-refractivity contribution >= 4 is 28.5 Å². The molecule has 1 amide bonds. The SMILES string of the molecule is CCOC(=O)CCc1c(C)c2ccc(OCC(=O)Nc3c(C)cccc3C)c(C)c2oc1=O. The number of benzene rings is 2. The van der Waals surface area contributed by atoms with E-state index in [1.807, 2.05) is 39.0 Å². The molecule has 0 saturated heterocycles. The van der Waals surface area contributed by atoms with Crippen LogP contribution in [-0.2, 0) is 20.7 Å². The van der Waals surface area contributed by atoms with Crippen LogP contribution in [0.2, 0.25) is 0 Å². The highest BCUT2D eigenvalue weighted by molar-refractivity contribution is 5.93. The number of fused-ring (bicyclic) bond motifs is 1. The summed E-state index contributed by atoms with van der Waals surface area (Å²) in [5, 5.41) is 3.65. The van der Waals surface area contributed by atoms with Crippen LogP contribution in [0.15, 0.2) is 39.5 Å². The molecule has 1 aromatic heterocycles. The van der Waals surface area contributed by atoms with E-state index in [9.17, 15) is 14.4 Å². The van der Waals surface area contributed by atoms with E-state index < -0.39 is 5.63 Å². The van der Waals surface area contributed by atoms with Gasteiger partial charge in [0.1, 0.15) is 11.3 Å². The molecule has 0 bridgehead atoms. The second kappa shape index (κ2) is 10.3. The Labute approximate surface area is 192 Å². The molecule has 0 unspecified atom stereocenters. The van der Waals surface area contributed by atoms with E-state index in [-0.39, 0.29) is 31.3 Å². The fourth-order valence-electron chi connectivity index (χ4n) is 3.81. The second-order valence-corrected chi connectivity index (χ2v) is 7.97. The van der Waals surface area contributed by atoms with E-state index >= 15 is 0 Å². The van der Waals surface area contributed by atoms with E-state index in [2.05, 4.69) is 5.32 Å². The Hall–Kier alpha value is -3.61. The molecule has 0 aliphatic rings. The smallest absolute Gasteiger partial charge is 0.339 e. The maximum Gasteiger partial charge on any atom is 0.339 e. The zero-order valence-corrected chi connectivity index (χ0v) is 19.7. The number of aryl methyl sites for hydroxylation is 4. The van der Waals surface area contributed by atoms with Gasteiger partial charge in [-0.1, -0.05) is 18.2 Å². The highest BCUT2D eigenvalue weighted by Crippen LogP contribution is 2.30. The van der Waals surface area contributed by atoms with Crippen molar-refractivity contribution < 1.29 is 23.5 Å². The van der Waals surface area contributed by atoms with Crippen molar-refractivity contribution in [2.45, 2.75) is 47.5 Å². The van der Waals surface area contributed by atoms with Gasteiger partial charge in [0.05, 0.1) is 6.61 Å². The number of hydrogen-bond acceptors (Lipinski definition) is 6. The summed E-state index contributed by atoms with van der Waals surface area (Å²) in [5.41, 5.74) is 4.48. The number of esters is 1. The molecule has 3 aromatic rings. The van der Waals surface area contributed by atoms with Gasteiger partial charge in [-0.2, -0.15) is 0 Å². The average Bonchev–Trinajstić information content (AvgIpc) is 2.76. The molecule has 1 N–H and O–H groups in total. The molecule has 2 aromatic carbocycles. The summed E-state index contributed by atoms with van der Waals surface area (Å²) in [6.45, 7) is 9.34. The van der Waals surface area contributed by atoms with Crippen LogP contribution in [0.25, 0.3) is 11.0 Å². The monoisotopic (exact) mass is 451 g/mol. The van der Waals surface area contributed by atoms with Gasteiger partial charge in [0.15, 0.2) is 6.61 Å². The van der Waals surface area contributed by atoms with Crippen LogP contribution in [0.5, 0.6) is 5.75 Å². The largest absolute Gasteiger partial charge is 0.483 e. The molecule has 174 valence electrons. The summed E-state index contributed by atoms with van der Waals surface area (Å²) in [4.78, 5) is 36.7. The molecular formula is C26H29NO6. The van der Waals surface area contributed by atoms with Crippen molar-refractivity contribution in [3.05, 3.63) is 68.6 Å². The van der Waals surface area contributed by atoms with Gasteiger partial charge in [0, 0.05) is 28.6 Å². The van der Waals surface area contributed by atoms with Crippen molar-refractivity contribution in [1.82, 2.24) is 0 Å². The lowest BCUT2D eigenvalue weighted by molar-refractivity contribution is -0.143. The zero-order valence-electron chi connectivity index (χ0n) is 19.7. The minimum Gasteiger partial charge on any atom is -0.483 e. The first-order chi connectivity index (χ1) is 15.7. The maximum atomic E-state index is 12.6. The van der Waals surface area contributed by atoms with Crippen molar-refractivity contribution in [3.63, 3.8) is 0 Å². The molecule has 7 heteroatoms. The Morgan fingerprint density at radius 1 is 1.00 bits per heavy atom. The lowest BCUT2D eigenvalue weighted by Crippen LogP contribution is -2.21. The Morgan fingerprint density at radius 2 is 1.70 bits per heavy atom. The van der Waals surface area contributed by atoms with Gasteiger partial charge in [-0.3, -0.25) is 9.59 Å². The lowest BCUT2D eigenvalue weighted by atomic mass is 10.0. The number of hydrogen-bond donors (Lipinski definition) is 1. The first-order valence-electron chi connectivity index (χ1n) is 10.9. The topological polar surface area (TPSA) is 94.8 Å². The third-order valence-corrected chi connectivity index (χ3v) is 5.64. The van der Waals surface area contributed by atoms with Crippen molar-refractivity contribution in [3.8, 4) is 5.75 Å². The number of rotatable bonds is 8. The molecule has 0 aliphatic heterocycles. The van der Waals surface area contributed by atoms with E-state index in [1.165, 1.54) is 0 Å². The second-order valence-electron chi connectivity index (χ2n) is 7.97. The fraction of sp³-hybridized carbons (Fsp3) is 0.346. The van der Waals surface area contributed by atoms with Crippen molar-refractivity contribution in [2.24, 2.45) is 0 Å². The van der Waals surface area contributed by atoms with Gasteiger partial charge in [0.25, 0.3) is 5.91 Å². The summed E-state index contributed by atoms with van der Waals surface area (Å²) in [6.07, 6.45) is 0.360. The van der Waals surface area contributed by atoms with Gasteiger partial charge >= 0.3 is 11.6 Å². The minimum absolute atomic E-state index is 0.112. The van der Waals surface area contributed by atoms with Gasteiger partial charge < -0.3 is 19.2 Å². The number of amides is 1. The summed E-state index contributed by atoms with van der Waals surface area (Å²) in [5.74, 6) is -0.171. The summed E-state index contributed by atoms with van der Waals surface area (Å²) in [7, 11) is 0. The zero-order chi connectivity index (χ0) is 24.1. The Balaban J connectivity index is 1.78. The summed E-state index contributed by atoms with van der Waals surface area (Å²) >= 11 is 0. The van der Waals surface area contributed by atoms with Crippen LogP contribution in [0, 0.1) is 27.7 Å². The van der Waals surface area contributed by atoms with E-state index in [0.29, 0.717) is 29.1 Å². The van der Waals surface area contributed by atoms with Crippen LogP contribution in [0.3, 0.4) is 0 Å². The molecule has 0 aliphatic carbocycles. The number of carbonyl (C=O) groups is 2. The van der Waals surface area contributed by atoms with Crippen molar-refractivity contribution in [1.29, 1.82) is 0 Å².